The highest BCUT2D eigenvalue weighted by Crippen LogP contribution is 2.58. The number of rotatable bonds is 5. The molecule has 1 aromatic heterocycles. The van der Waals surface area contributed by atoms with Gasteiger partial charge in [0.2, 0.25) is 5.91 Å². The van der Waals surface area contributed by atoms with Crippen LogP contribution in [0.2, 0.25) is 0 Å². The second kappa shape index (κ2) is 7.67. The molecular formula is C22H30N2O2S2. The molecule has 0 radical (unpaired) electrons. The molecule has 2 heterocycles. The van der Waals surface area contributed by atoms with E-state index in [0.717, 1.165) is 40.9 Å². The van der Waals surface area contributed by atoms with Crippen LogP contribution in [-0.4, -0.2) is 44.4 Å². The molecule has 6 heteroatoms. The van der Waals surface area contributed by atoms with Crippen molar-refractivity contribution in [3.05, 3.63) is 24.2 Å². The van der Waals surface area contributed by atoms with Crippen molar-refractivity contribution < 1.29 is 9.21 Å². The quantitative estimate of drug-likeness (QED) is 0.649. The maximum absolute atomic E-state index is 13.5. The van der Waals surface area contributed by atoms with Crippen LogP contribution in [0, 0.1) is 17.8 Å². The summed E-state index contributed by atoms with van der Waals surface area (Å²) in [6.07, 6.45) is 11.9. The van der Waals surface area contributed by atoms with Gasteiger partial charge in [-0.15, -0.1) is 0 Å². The lowest BCUT2D eigenvalue weighted by molar-refractivity contribution is -0.150. The third kappa shape index (κ3) is 3.62. The standard InChI is InChI=1S/C22H30N2O2S2/c25-20(15-28-21(27)23-5-1-2-6-23)24(14-19-4-3-7-26-19)22-11-16-8-17(12-22)10-18(9-16)13-22/h3-4,7,16-18H,1-2,5-6,8-15H2. The zero-order valence-corrected chi connectivity index (χ0v) is 18.1. The van der Waals surface area contributed by atoms with E-state index in [1.807, 2.05) is 12.1 Å². The first kappa shape index (κ1) is 19.0. The van der Waals surface area contributed by atoms with Crippen LogP contribution >= 0.6 is 24.0 Å². The maximum Gasteiger partial charge on any atom is 0.233 e. The van der Waals surface area contributed by atoms with E-state index in [4.69, 9.17) is 16.6 Å². The van der Waals surface area contributed by atoms with Crippen LogP contribution in [0.1, 0.15) is 57.1 Å². The van der Waals surface area contributed by atoms with Gasteiger partial charge < -0.3 is 14.2 Å². The summed E-state index contributed by atoms with van der Waals surface area (Å²) in [5.74, 6) is 4.04. The van der Waals surface area contributed by atoms with Gasteiger partial charge in [0.25, 0.3) is 0 Å². The van der Waals surface area contributed by atoms with Gasteiger partial charge in [0.1, 0.15) is 10.1 Å². The number of likely N-dealkylation sites (tertiary alicyclic amines) is 1. The van der Waals surface area contributed by atoms with Crippen molar-refractivity contribution in [2.45, 2.75) is 63.5 Å². The molecule has 28 heavy (non-hydrogen) atoms. The molecule has 4 nitrogen and oxygen atoms in total. The van der Waals surface area contributed by atoms with Gasteiger partial charge in [0, 0.05) is 18.6 Å². The third-order valence-corrected chi connectivity index (χ3v) is 8.97. The van der Waals surface area contributed by atoms with Crippen molar-refractivity contribution in [2.24, 2.45) is 17.8 Å². The Morgan fingerprint density at radius 3 is 2.39 bits per heavy atom. The van der Waals surface area contributed by atoms with Crippen molar-refractivity contribution in [3.63, 3.8) is 0 Å². The Morgan fingerprint density at radius 2 is 1.82 bits per heavy atom. The largest absolute Gasteiger partial charge is 0.467 e. The summed E-state index contributed by atoms with van der Waals surface area (Å²) < 4.78 is 6.55. The van der Waals surface area contributed by atoms with Gasteiger partial charge in [-0.25, -0.2) is 0 Å². The fraction of sp³-hybridized carbons (Fsp3) is 0.727. The van der Waals surface area contributed by atoms with E-state index in [0.29, 0.717) is 12.3 Å². The maximum atomic E-state index is 13.5. The highest BCUT2D eigenvalue weighted by Gasteiger charge is 2.54. The van der Waals surface area contributed by atoms with Crippen LogP contribution in [0.15, 0.2) is 22.8 Å². The van der Waals surface area contributed by atoms with Crippen LogP contribution < -0.4 is 0 Å². The van der Waals surface area contributed by atoms with E-state index in [-0.39, 0.29) is 11.4 Å². The molecule has 4 aliphatic carbocycles. The lowest BCUT2D eigenvalue weighted by Crippen LogP contribution is -2.61. The first-order valence-electron chi connectivity index (χ1n) is 10.9. The number of carbonyl (C=O) groups is 1. The smallest absolute Gasteiger partial charge is 0.233 e. The number of hydrogen-bond donors (Lipinski definition) is 0. The number of amides is 1. The molecule has 4 saturated carbocycles. The molecule has 1 saturated heterocycles. The number of hydrogen-bond acceptors (Lipinski definition) is 4. The minimum absolute atomic E-state index is 0.0500. The molecule has 5 aliphatic rings. The van der Waals surface area contributed by atoms with E-state index in [1.165, 1.54) is 51.4 Å². The van der Waals surface area contributed by atoms with Gasteiger partial charge in [0.15, 0.2) is 0 Å². The Kier molecular flexibility index (Phi) is 5.20. The highest BCUT2D eigenvalue weighted by atomic mass is 32.2. The van der Waals surface area contributed by atoms with Crippen LogP contribution in [-0.2, 0) is 11.3 Å². The van der Waals surface area contributed by atoms with Gasteiger partial charge in [-0.1, -0.05) is 24.0 Å². The topological polar surface area (TPSA) is 36.7 Å². The molecule has 4 bridgehead atoms. The van der Waals surface area contributed by atoms with Crippen molar-refractivity contribution in [2.75, 3.05) is 18.8 Å². The highest BCUT2D eigenvalue weighted by molar-refractivity contribution is 8.23. The Morgan fingerprint density at radius 1 is 1.18 bits per heavy atom. The predicted octanol–water partition coefficient (Wildman–Crippen LogP) is 4.69. The molecule has 1 amide bonds. The molecule has 1 aliphatic heterocycles. The Labute approximate surface area is 177 Å². The summed E-state index contributed by atoms with van der Waals surface area (Å²) >= 11 is 7.16. The van der Waals surface area contributed by atoms with Crippen LogP contribution in [0.3, 0.4) is 0 Å². The molecule has 1 aromatic rings. The molecule has 5 fully saturated rings. The number of carbonyl (C=O) groups excluding carboxylic acids is 1. The van der Waals surface area contributed by atoms with Gasteiger partial charge in [0.05, 0.1) is 18.6 Å². The monoisotopic (exact) mass is 418 g/mol. The second-order valence-corrected chi connectivity index (χ2v) is 11.1. The van der Waals surface area contributed by atoms with E-state index in [9.17, 15) is 4.79 Å². The van der Waals surface area contributed by atoms with Gasteiger partial charge in [-0.3, -0.25) is 4.79 Å². The lowest BCUT2D eigenvalue weighted by Gasteiger charge is -2.60. The summed E-state index contributed by atoms with van der Waals surface area (Å²) in [6, 6.07) is 3.93. The Hall–Kier alpha value is -1.01. The summed E-state index contributed by atoms with van der Waals surface area (Å²) in [5.41, 5.74) is 0.0500. The number of thioether (sulfide) groups is 1. The number of nitrogens with zero attached hydrogens (tertiary/aromatic N) is 2. The zero-order chi connectivity index (χ0) is 19.1. The van der Waals surface area contributed by atoms with Gasteiger partial charge >= 0.3 is 0 Å². The van der Waals surface area contributed by atoms with E-state index in [1.54, 1.807) is 18.0 Å². The fourth-order valence-electron chi connectivity index (χ4n) is 6.67. The summed E-state index contributed by atoms with van der Waals surface area (Å²) in [7, 11) is 0. The molecule has 0 unspecified atom stereocenters. The Bertz CT molecular complexity index is 692. The SMILES string of the molecule is O=C(CSC(=S)N1CCCC1)N(Cc1ccco1)C12CC3CC(CC(C3)C1)C2. The number of furan rings is 1. The van der Waals surface area contributed by atoms with Crippen molar-refractivity contribution in [1.29, 1.82) is 0 Å². The second-order valence-electron chi connectivity index (χ2n) is 9.45. The molecule has 0 N–H and O–H groups in total. The first-order valence-corrected chi connectivity index (χ1v) is 12.3. The summed E-state index contributed by atoms with van der Waals surface area (Å²) in [6.45, 7) is 2.70. The van der Waals surface area contributed by atoms with Crippen LogP contribution in [0.4, 0.5) is 0 Å². The lowest BCUT2D eigenvalue weighted by atomic mass is 9.52. The number of thiocarbonyl (C=S) groups is 1. The van der Waals surface area contributed by atoms with Gasteiger partial charge in [-0.05, 0) is 81.3 Å². The summed E-state index contributed by atoms with van der Waals surface area (Å²) in [4.78, 5) is 18.0. The predicted molar refractivity (Wildman–Crippen MR) is 116 cm³/mol. The van der Waals surface area contributed by atoms with E-state index < -0.39 is 0 Å². The average Bonchev–Trinajstić information content (AvgIpc) is 3.36. The zero-order valence-electron chi connectivity index (χ0n) is 16.5. The fourth-order valence-corrected chi connectivity index (χ4v) is 7.79. The summed E-state index contributed by atoms with van der Waals surface area (Å²) in [5, 5.41) is 0. The molecule has 0 atom stereocenters. The molecular weight excluding hydrogens is 388 g/mol. The molecule has 0 spiro atoms. The normalized spacial score (nSPS) is 33.4. The Balaban J connectivity index is 1.33. The third-order valence-electron chi connectivity index (χ3n) is 7.46. The van der Waals surface area contributed by atoms with Crippen molar-refractivity contribution in [1.82, 2.24) is 9.80 Å². The first-order chi connectivity index (χ1) is 13.6. The minimum Gasteiger partial charge on any atom is -0.467 e. The molecule has 6 rings (SSSR count). The minimum atomic E-state index is 0.0500. The van der Waals surface area contributed by atoms with E-state index >= 15 is 0 Å². The van der Waals surface area contributed by atoms with Crippen molar-refractivity contribution in [3.8, 4) is 0 Å². The molecule has 152 valence electrons. The van der Waals surface area contributed by atoms with Crippen LogP contribution in [0.5, 0.6) is 0 Å². The van der Waals surface area contributed by atoms with Gasteiger partial charge in [-0.2, -0.15) is 0 Å². The van der Waals surface area contributed by atoms with Crippen LogP contribution in [0.25, 0.3) is 0 Å². The molecule has 0 aromatic carbocycles. The van der Waals surface area contributed by atoms with Crippen molar-refractivity contribution >= 4 is 34.2 Å². The van der Waals surface area contributed by atoms with E-state index in [2.05, 4.69) is 9.80 Å². The average molecular weight is 419 g/mol.